The Morgan fingerprint density at radius 2 is 0.797 bits per heavy atom. The molecule has 0 bridgehead atoms. The molecule has 2 amide bonds. The molecule has 324 valence electrons. The molecule has 3 rings (SSSR count). The molecule has 0 aliphatic carbocycles. The second-order valence-electron chi connectivity index (χ2n) is 13.4. The van der Waals surface area contributed by atoms with E-state index < -0.39 is 5.97 Å². The summed E-state index contributed by atoms with van der Waals surface area (Å²) in [4.78, 5) is 38.2. The van der Waals surface area contributed by atoms with Crippen LogP contribution in [0.1, 0.15) is 71.7 Å². The molecular weight excluding hydrogens is 761 g/mol. The maximum atomic E-state index is 13.1. The molecule has 0 spiro atoms. The standard InChI is InChI=1S/C43H62N6O10/c1-31(2)43(52)59-30-32-21-35(57-19-7-13-48-41(50)33-23-37(53-15-3-9-44)28-38(24-33)54-16-4-10-45)27-36(22-32)58-20-8-14-49-42(51)34-25-39(55-17-5-11-46)29-40(26-34)56-18-6-12-47/h21-29H,1,3-20,30,44-47H2,2H3,(H,48,50)(H,49,51). The maximum Gasteiger partial charge on any atom is 0.333 e. The van der Waals surface area contributed by atoms with Crippen LogP contribution < -0.4 is 62.0 Å². The Balaban J connectivity index is 1.56. The summed E-state index contributed by atoms with van der Waals surface area (Å²) in [5, 5.41) is 5.83. The molecule has 3 aromatic carbocycles. The van der Waals surface area contributed by atoms with E-state index >= 15 is 0 Å². The van der Waals surface area contributed by atoms with E-state index in [1.54, 1.807) is 61.5 Å². The summed E-state index contributed by atoms with van der Waals surface area (Å²) in [5.74, 6) is 1.93. The van der Waals surface area contributed by atoms with Crippen LogP contribution in [0.25, 0.3) is 0 Å². The van der Waals surface area contributed by atoms with Crippen molar-refractivity contribution in [1.29, 1.82) is 0 Å². The van der Waals surface area contributed by atoms with Crippen molar-refractivity contribution >= 4 is 17.8 Å². The third-order valence-electron chi connectivity index (χ3n) is 8.16. The van der Waals surface area contributed by atoms with Crippen LogP contribution in [-0.4, -0.2) is 96.7 Å². The lowest BCUT2D eigenvalue weighted by Crippen LogP contribution is -2.25. The Labute approximate surface area is 347 Å². The molecule has 3 aromatic rings. The number of hydrogen-bond acceptors (Lipinski definition) is 14. The second-order valence-corrected chi connectivity index (χ2v) is 13.4. The predicted octanol–water partition coefficient (Wildman–Crippen LogP) is 3.61. The number of esters is 1. The fourth-order valence-electron chi connectivity index (χ4n) is 5.12. The number of rotatable bonds is 31. The number of carbonyl (C=O) groups is 3. The molecule has 0 atom stereocenters. The van der Waals surface area contributed by atoms with E-state index in [4.69, 9.17) is 56.1 Å². The summed E-state index contributed by atoms with van der Waals surface area (Å²) < 4.78 is 40.5. The zero-order chi connectivity index (χ0) is 42.7. The third-order valence-corrected chi connectivity index (χ3v) is 8.16. The van der Waals surface area contributed by atoms with Crippen LogP contribution in [0.2, 0.25) is 0 Å². The van der Waals surface area contributed by atoms with E-state index in [9.17, 15) is 14.4 Å². The van der Waals surface area contributed by atoms with Gasteiger partial charge in [0.05, 0.1) is 39.6 Å². The highest BCUT2D eigenvalue weighted by Crippen LogP contribution is 2.26. The monoisotopic (exact) mass is 822 g/mol. The first kappa shape index (κ1) is 47.8. The van der Waals surface area contributed by atoms with Crippen LogP contribution in [0.4, 0.5) is 0 Å². The maximum absolute atomic E-state index is 13.1. The summed E-state index contributed by atoms with van der Waals surface area (Å²) in [6.45, 7) is 10.0. The number of carbonyl (C=O) groups excluding carboxylic acids is 3. The first-order valence-corrected chi connectivity index (χ1v) is 20.1. The lowest BCUT2D eigenvalue weighted by molar-refractivity contribution is -0.140. The second kappa shape index (κ2) is 28.0. The molecule has 0 aliphatic rings. The van der Waals surface area contributed by atoms with E-state index in [0.717, 1.165) is 0 Å². The van der Waals surface area contributed by atoms with E-state index in [2.05, 4.69) is 17.2 Å². The van der Waals surface area contributed by atoms with E-state index in [-0.39, 0.29) is 37.2 Å². The van der Waals surface area contributed by atoms with Crippen molar-refractivity contribution in [3.8, 4) is 34.5 Å². The lowest BCUT2D eigenvalue weighted by Gasteiger charge is -2.14. The van der Waals surface area contributed by atoms with Gasteiger partial charge < -0.3 is 66.7 Å². The van der Waals surface area contributed by atoms with Crippen LogP contribution in [0, 0.1) is 0 Å². The van der Waals surface area contributed by atoms with Gasteiger partial charge in [0.1, 0.15) is 41.1 Å². The SMILES string of the molecule is C=C(C)C(=O)OCc1cc(OCCCNC(=O)c2cc(OCCCN)cc(OCCCN)c2)cc(OCCCNC(=O)c2cc(OCCCN)cc(OCCCN)c2)c1. The Kier molecular flexibility index (Phi) is 22.7. The van der Waals surface area contributed by atoms with Gasteiger partial charge in [-0.1, -0.05) is 6.58 Å². The fourth-order valence-corrected chi connectivity index (χ4v) is 5.12. The highest BCUT2D eigenvalue weighted by atomic mass is 16.5. The van der Waals surface area contributed by atoms with Crippen LogP contribution in [0.5, 0.6) is 34.5 Å². The molecule has 10 N–H and O–H groups in total. The van der Waals surface area contributed by atoms with Gasteiger partial charge in [0, 0.05) is 48.0 Å². The van der Waals surface area contributed by atoms with Gasteiger partial charge in [-0.15, -0.1) is 0 Å². The van der Waals surface area contributed by atoms with Gasteiger partial charge in [-0.3, -0.25) is 9.59 Å². The van der Waals surface area contributed by atoms with Crippen LogP contribution in [0.15, 0.2) is 66.7 Å². The average Bonchev–Trinajstić information content (AvgIpc) is 3.22. The first-order chi connectivity index (χ1) is 28.6. The van der Waals surface area contributed by atoms with Crippen molar-refractivity contribution in [2.75, 3.05) is 78.9 Å². The largest absolute Gasteiger partial charge is 0.493 e. The van der Waals surface area contributed by atoms with Crippen LogP contribution >= 0.6 is 0 Å². The van der Waals surface area contributed by atoms with Crippen molar-refractivity contribution in [2.45, 2.75) is 52.1 Å². The molecule has 0 aromatic heterocycles. The summed E-state index contributed by atoms with van der Waals surface area (Å²) in [6.07, 6.45) is 3.68. The van der Waals surface area contributed by atoms with Crippen molar-refractivity contribution in [3.05, 3.63) is 83.4 Å². The normalized spacial score (nSPS) is 10.7. The zero-order valence-electron chi connectivity index (χ0n) is 34.2. The summed E-state index contributed by atoms with van der Waals surface area (Å²) in [7, 11) is 0. The van der Waals surface area contributed by atoms with Gasteiger partial charge in [-0.25, -0.2) is 4.79 Å². The Hall–Kier alpha value is -5.55. The Bertz CT molecular complexity index is 1590. The van der Waals surface area contributed by atoms with Crippen LogP contribution in [-0.2, 0) is 16.1 Å². The van der Waals surface area contributed by atoms with E-state index in [1.807, 2.05) is 0 Å². The van der Waals surface area contributed by atoms with E-state index in [1.165, 1.54) is 0 Å². The summed E-state index contributed by atoms with van der Waals surface area (Å²) in [6, 6.07) is 15.4. The van der Waals surface area contributed by atoms with E-state index in [0.29, 0.717) is 155 Å². The predicted molar refractivity (Wildman–Crippen MR) is 225 cm³/mol. The minimum Gasteiger partial charge on any atom is -0.493 e. The van der Waals surface area contributed by atoms with Crippen molar-refractivity contribution in [1.82, 2.24) is 10.6 Å². The molecule has 16 heteroatoms. The average molecular weight is 823 g/mol. The highest BCUT2D eigenvalue weighted by molar-refractivity contribution is 5.95. The van der Waals surface area contributed by atoms with Gasteiger partial charge in [-0.2, -0.15) is 0 Å². The Morgan fingerprint density at radius 3 is 1.10 bits per heavy atom. The van der Waals surface area contributed by atoms with Crippen molar-refractivity contribution in [2.24, 2.45) is 22.9 Å². The van der Waals surface area contributed by atoms with Gasteiger partial charge in [-0.05, 0) is 114 Å². The molecule has 0 radical (unpaired) electrons. The number of nitrogens with two attached hydrogens (primary N) is 4. The lowest BCUT2D eigenvalue weighted by atomic mass is 10.2. The number of hydrogen-bond donors (Lipinski definition) is 6. The zero-order valence-corrected chi connectivity index (χ0v) is 34.2. The van der Waals surface area contributed by atoms with Crippen molar-refractivity contribution in [3.63, 3.8) is 0 Å². The van der Waals surface area contributed by atoms with Gasteiger partial charge in [0.15, 0.2) is 0 Å². The fraction of sp³-hybridized carbons (Fsp3) is 0.465. The van der Waals surface area contributed by atoms with Gasteiger partial charge >= 0.3 is 5.97 Å². The number of amides is 2. The minimum absolute atomic E-state index is 0.0226. The van der Waals surface area contributed by atoms with Gasteiger partial charge in [0.2, 0.25) is 0 Å². The minimum atomic E-state index is -0.519. The molecule has 16 nitrogen and oxygen atoms in total. The summed E-state index contributed by atoms with van der Waals surface area (Å²) in [5.41, 5.74) is 24.1. The third kappa shape index (κ3) is 19.2. The highest BCUT2D eigenvalue weighted by Gasteiger charge is 2.13. The van der Waals surface area contributed by atoms with Crippen LogP contribution in [0.3, 0.4) is 0 Å². The quantitative estimate of drug-likeness (QED) is 0.0309. The molecule has 0 heterocycles. The Morgan fingerprint density at radius 1 is 0.492 bits per heavy atom. The molecule has 0 unspecified atom stereocenters. The smallest absolute Gasteiger partial charge is 0.333 e. The molecular formula is C43H62N6O10. The number of ether oxygens (including phenoxy) is 7. The molecule has 0 aliphatic heterocycles. The van der Waals surface area contributed by atoms with Crippen molar-refractivity contribution < 1.29 is 47.5 Å². The number of benzene rings is 3. The van der Waals surface area contributed by atoms with Gasteiger partial charge in [0.25, 0.3) is 11.8 Å². The number of nitrogens with one attached hydrogen (secondary N) is 2. The topological polar surface area (TPSA) is 244 Å². The molecule has 59 heavy (non-hydrogen) atoms. The summed E-state index contributed by atoms with van der Waals surface area (Å²) >= 11 is 0. The molecule has 0 saturated carbocycles. The molecule has 0 saturated heterocycles. The first-order valence-electron chi connectivity index (χ1n) is 20.1. The molecule has 0 fully saturated rings.